The van der Waals surface area contributed by atoms with Crippen molar-refractivity contribution in [2.75, 3.05) is 0 Å². The van der Waals surface area contributed by atoms with E-state index in [9.17, 15) is 25.0 Å². The van der Waals surface area contributed by atoms with Crippen LogP contribution in [0.25, 0.3) is 0 Å². The fourth-order valence-electron chi connectivity index (χ4n) is 1.92. The van der Waals surface area contributed by atoms with Gasteiger partial charge in [-0.3, -0.25) is 20.2 Å². The van der Waals surface area contributed by atoms with Crippen molar-refractivity contribution in [1.82, 2.24) is 0 Å². The minimum Gasteiger partial charge on any atom is -0.416 e. The van der Waals surface area contributed by atoms with Crippen LogP contribution in [0.4, 0.5) is 11.4 Å². The summed E-state index contributed by atoms with van der Waals surface area (Å²) in [5.41, 5.74) is 0.175. The van der Waals surface area contributed by atoms with E-state index in [1.54, 1.807) is 13.8 Å². The number of benzene rings is 1. The molecule has 0 heterocycles. The standard InChI is InChI=1S/C15H18N2O6/c1-4-5-6-12(10(2)3)15(18)23-14-8-7-11(16(19)20)9-13(14)17(21)22/h7-9H,4-6H2,1-3H3. The quantitative estimate of drug-likeness (QED) is 0.247. The first-order valence-electron chi connectivity index (χ1n) is 7.09. The fraction of sp³-hybridized carbons (Fsp3) is 0.400. The molecule has 124 valence electrons. The summed E-state index contributed by atoms with van der Waals surface area (Å²) in [6, 6.07) is 2.90. The normalized spacial score (nSPS) is 10.0. The van der Waals surface area contributed by atoms with E-state index in [1.807, 2.05) is 6.92 Å². The van der Waals surface area contributed by atoms with Gasteiger partial charge in [-0.05, 0) is 32.8 Å². The van der Waals surface area contributed by atoms with E-state index in [2.05, 4.69) is 0 Å². The number of nitro benzene ring substituents is 2. The van der Waals surface area contributed by atoms with Crippen LogP contribution in [0.5, 0.6) is 5.75 Å². The van der Waals surface area contributed by atoms with Gasteiger partial charge in [0.25, 0.3) is 5.69 Å². The number of nitrogens with zero attached hydrogens (tertiary/aromatic N) is 2. The summed E-state index contributed by atoms with van der Waals surface area (Å²) in [5.74, 6) is -0.976. The molecule has 1 aromatic carbocycles. The van der Waals surface area contributed by atoms with E-state index in [0.29, 0.717) is 12.0 Å². The minimum absolute atomic E-state index is 0.305. The summed E-state index contributed by atoms with van der Waals surface area (Å²) in [6.07, 6.45) is 2.19. The molecule has 0 aromatic heterocycles. The monoisotopic (exact) mass is 322 g/mol. The molecule has 8 nitrogen and oxygen atoms in total. The van der Waals surface area contributed by atoms with Crippen molar-refractivity contribution in [2.24, 2.45) is 0 Å². The van der Waals surface area contributed by atoms with Crippen molar-refractivity contribution in [2.45, 2.75) is 40.0 Å². The van der Waals surface area contributed by atoms with E-state index < -0.39 is 27.2 Å². The molecular formula is C15H18N2O6. The van der Waals surface area contributed by atoms with E-state index in [-0.39, 0.29) is 5.75 Å². The third-order valence-corrected chi connectivity index (χ3v) is 3.18. The van der Waals surface area contributed by atoms with Crippen molar-refractivity contribution < 1.29 is 19.4 Å². The van der Waals surface area contributed by atoms with Crippen LogP contribution in [0.15, 0.2) is 29.3 Å². The molecule has 0 spiro atoms. The summed E-state index contributed by atoms with van der Waals surface area (Å²) >= 11 is 0. The molecule has 0 fully saturated rings. The molecule has 0 aliphatic heterocycles. The molecule has 0 bridgehead atoms. The highest BCUT2D eigenvalue weighted by Gasteiger charge is 2.24. The second kappa shape index (κ2) is 8.02. The SMILES string of the molecule is CCCCC(C(=O)Oc1ccc([N+](=O)[O-])cc1[N+](=O)[O-])=C(C)C. The second-order valence-electron chi connectivity index (χ2n) is 5.14. The summed E-state index contributed by atoms with van der Waals surface area (Å²) in [4.78, 5) is 32.4. The van der Waals surface area contributed by atoms with Crippen molar-refractivity contribution >= 4 is 17.3 Å². The smallest absolute Gasteiger partial charge is 0.339 e. The highest BCUT2D eigenvalue weighted by atomic mass is 16.6. The number of ether oxygens (including phenoxy) is 1. The lowest BCUT2D eigenvalue weighted by Gasteiger charge is -2.09. The molecule has 0 saturated carbocycles. The molecule has 0 unspecified atom stereocenters. The van der Waals surface area contributed by atoms with Gasteiger partial charge >= 0.3 is 11.7 Å². The number of carbonyl (C=O) groups excluding carboxylic acids is 1. The van der Waals surface area contributed by atoms with E-state index in [1.165, 1.54) is 0 Å². The van der Waals surface area contributed by atoms with Crippen LogP contribution >= 0.6 is 0 Å². The Hall–Kier alpha value is -2.77. The topological polar surface area (TPSA) is 113 Å². The molecule has 0 aliphatic carbocycles. The number of esters is 1. The molecule has 0 radical (unpaired) electrons. The number of nitro groups is 2. The minimum atomic E-state index is -0.816. The third kappa shape index (κ3) is 4.87. The van der Waals surface area contributed by atoms with Crippen LogP contribution in [0.2, 0.25) is 0 Å². The molecule has 0 saturated heterocycles. The van der Waals surface area contributed by atoms with Crippen LogP contribution in [0.1, 0.15) is 40.0 Å². The predicted molar refractivity (Wildman–Crippen MR) is 83.3 cm³/mol. The molecule has 23 heavy (non-hydrogen) atoms. The Balaban J connectivity index is 3.12. The van der Waals surface area contributed by atoms with Crippen molar-refractivity contribution in [3.05, 3.63) is 49.6 Å². The van der Waals surface area contributed by atoms with Crippen LogP contribution in [-0.2, 0) is 4.79 Å². The number of non-ortho nitro benzene ring substituents is 1. The van der Waals surface area contributed by atoms with Gasteiger partial charge in [-0.25, -0.2) is 4.79 Å². The molecule has 0 aliphatic rings. The number of rotatable bonds is 7. The number of unbranched alkanes of at least 4 members (excludes halogenated alkanes) is 1. The van der Waals surface area contributed by atoms with Gasteiger partial charge in [-0.15, -0.1) is 0 Å². The maximum absolute atomic E-state index is 12.2. The number of hydrogen-bond acceptors (Lipinski definition) is 6. The van der Waals surface area contributed by atoms with Gasteiger partial charge in [0.05, 0.1) is 15.9 Å². The Bertz CT molecular complexity index is 662. The summed E-state index contributed by atoms with van der Waals surface area (Å²) < 4.78 is 5.10. The van der Waals surface area contributed by atoms with Crippen molar-refractivity contribution in [3.63, 3.8) is 0 Å². The lowest BCUT2D eigenvalue weighted by molar-refractivity contribution is -0.394. The summed E-state index contributed by atoms with van der Waals surface area (Å²) in [5, 5.41) is 21.7. The van der Waals surface area contributed by atoms with Crippen LogP contribution in [0.3, 0.4) is 0 Å². The fourth-order valence-corrected chi connectivity index (χ4v) is 1.92. The zero-order valence-electron chi connectivity index (χ0n) is 13.2. The first-order chi connectivity index (χ1) is 10.8. The lowest BCUT2D eigenvalue weighted by Crippen LogP contribution is -2.13. The number of hydrogen-bond donors (Lipinski definition) is 0. The molecule has 0 amide bonds. The van der Waals surface area contributed by atoms with E-state index in [4.69, 9.17) is 4.74 Å². The van der Waals surface area contributed by atoms with Crippen LogP contribution < -0.4 is 4.74 Å². The van der Waals surface area contributed by atoms with Crippen molar-refractivity contribution in [3.8, 4) is 5.75 Å². The second-order valence-corrected chi connectivity index (χ2v) is 5.14. The largest absolute Gasteiger partial charge is 0.416 e. The first kappa shape index (κ1) is 18.3. The summed E-state index contributed by atoms with van der Waals surface area (Å²) in [6.45, 7) is 5.50. The highest BCUT2D eigenvalue weighted by Crippen LogP contribution is 2.32. The van der Waals surface area contributed by atoms with Gasteiger partial charge in [-0.2, -0.15) is 0 Å². The highest BCUT2D eigenvalue weighted by molar-refractivity contribution is 5.91. The Morgan fingerprint density at radius 3 is 2.30 bits per heavy atom. The first-order valence-corrected chi connectivity index (χ1v) is 7.09. The molecule has 1 aromatic rings. The third-order valence-electron chi connectivity index (χ3n) is 3.18. The Morgan fingerprint density at radius 1 is 1.17 bits per heavy atom. The average molecular weight is 322 g/mol. The van der Waals surface area contributed by atoms with Gasteiger partial charge in [0.2, 0.25) is 5.75 Å². The Morgan fingerprint density at radius 2 is 1.83 bits per heavy atom. The van der Waals surface area contributed by atoms with Crippen LogP contribution in [0, 0.1) is 20.2 Å². The van der Waals surface area contributed by atoms with Gasteiger partial charge in [-0.1, -0.05) is 18.9 Å². The maximum atomic E-state index is 12.2. The molecule has 8 heteroatoms. The van der Waals surface area contributed by atoms with E-state index >= 15 is 0 Å². The molecular weight excluding hydrogens is 304 g/mol. The lowest BCUT2D eigenvalue weighted by atomic mass is 10.0. The number of carbonyl (C=O) groups is 1. The van der Waals surface area contributed by atoms with Crippen molar-refractivity contribution in [1.29, 1.82) is 0 Å². The Kier molecular flexibility index (Phi) is 6.37. The van der Waals surface area contributed by atoms with Gasteiger partial charge in [0.1, 0.15) is 0 Å². The van der Waals surface area contributed by atoms with Gasteiger partial charge in [0, 0.05) is 11.6 Å². The summed E-state index contributed by atoms with van der Waals surface area (Å²) in [7, 11) is 0. The molecule has 1 rings (SSSR count). The van der Waals surface area contributed by atoms with Gasteiger partial charge in [0.15, 0.2) is 0 Å². The van der Waals surface area contributed by atoms with E-state index in [0.717, 1.165) is 36.6 Å². The maximum Gasteiger partial charge on any atom is 0.339 e. The molecule has 0 atom stereocenters. The van der Waals surface area contributed by atoms with Gasteiger partial charge < -0.3 is 4.74 Å². The molecule has 0 N–H and O–H groups in total. The Labute approximate surface area is 133 Å². The number of allylic oxidation sites excluding steroid dienone is 1. The zero-order chi connectivity index (χ0) is 17.6. The average Bonchev–Trinajstić information content (AvgIpc) is 2.47. The van der Waals surface area contributed by atoms with Crippen LogP contribution in [-0.4, -0.2) is 15.8 Å². The zero-order valence-corrected chi connectivity index (χ0v) is 13.2. The predicted octanol–water partition coefficient (Wildman–Crippen LogP) is 3.94.